The van der Waals surface area contributed by atoms with E-state index in [2.05, 4.69) is 5.16 Å². The summed E-state index contributed by atoms with van der Waals surface area (Å²) < 4.78 is 5.25. The van der Waals surface area contributed by atoms with Crippen molar-refractivity contribution in [1.82, 2.24) is 5.16 Å². The molecule has 0 amide bonds. The van der Waals surface area contributed by atoms with Crippen LogP contribution in [0, 0.1) is 0 Å². The van der Waals surface area contributed by atoms with Crippen molar-refractivity contribution in [3.8, 4) is 11.3 Å². The molecule has 3 heteroatoms. The topological polar surface area (TPSA) is 26.0 Å². The molecule has 0 N–H and O–H groups in total. The highest BCUT2D eigenvalue weighted by atomic mass is 35.5. The van der Waals surface area contributed by atoms with Gasteiger partial charge in [0, 0.05) is 5.56 Å². The number of benzene rings is 2. The molecule has 0 radical (unpaired) electrons. The Morgan fingerprint density at radius 2 is 1.75 bits per heavy atom. The van der Waals surface area contributed by atoms with Crippen molar-refractivity contribution in [2.45, 2.75) is 0 Å². The molecule has 0 saturated heterocycles. The second-order valence-corrected chi connectivity index (χ2v) is 3.92. The SMILES string of the molecule is Clc1cccc2onc(-c3ccccc3)c12. The second-order valence-electron chi connectivity index (χ2n) is 3.51. The summed E-state index contributed by atoms with van der Waals surface area (Å²) in [5, 5.41) is 5.60. The van der Waals surface area contributed by atoms with Crippen molar-refractivity contribution in [2.75, 3.05) is 0 Å². The molecule has 0 fully saturated rings. The van der Waals surface area contributed by atoms with Gasteiger partial charge in [-0.25, -0.2) is 0 Å². The Morgan fingerprint density at radius 1 is 0.938 bits per heavy atom. The van der Waals surface area contributed by atoms with Gasteiger partial charge in [-0.05, 0) is 12.1 Å². The van der Waals surface area contributed by atoms with Crippen molar-refractivity contribution in [3.05, 3.63) is 53.6 Å². The molecular weight excluding hydrogens is 222 g/mol. The van der Waals surface area contributed by atoms with Gasteiger partial charge in [-0.3, -0.25) is 0 Å². The lowest BCUT2D eigenvalue weighted by Crippen LogP contribution is -1.77. The zero-order valence-corrected chi connectivity index (χ0v) is 9.11. The number of aromatic nitrogens is 1. The Labute approximate surface area is 97.4 Å². The Balaban J connectivity index is 2.33. The van der Waals surface area contributed by atoms with Gasteiger partial charge in [0.25, 0.3) is 0 Å². The number of halogens is 1. The first-order valence-corrected chi connectivity index (χ1v) is 5.33. The Hall–Kier alpha value is -1.80. The highest BCUT2D eigenvalue weighted by Gasteiger charge is 2.12. The summed E-state index contributed by atoms with van der Waals surface area (Å²) in [4.78, 5) is 0. The van der Waals surface area contributed by atoms with Gasteiger partial charge < -0.3 is 4.52 Å². The van der Waals surface area contributed by atoms with E-state index in [9.17, 15) is 0 Å². The van der Waals surface area contributed by atoms with Gasteiger partial charge in [0.05, 0.1) is 10.4 Å². The maximum atomic E-state index is 6.15. The molecule has 2 aromatic carbocycles. The Kier molecular flexibility index (Phi) is 2.15. The normalized spacial score (nSPS) is 10.8. The molecule has 0 aliphatic heterocycles. The van der Waals surface area contributed by atoms with Gasteiger partial charge in [-0.15, -0.1) is 0 Å². The van der Waals surface area contributed by atoms with Crippen molar-refractivity contribution in [3.63, 3.8) is 0 Å². The summed E-state index contributed by atoms with van der Waals surface area (Å²) in [6, 6.07) is 15.4. The van der Waals surface area contributed by atoms with Crippen molar-refractivity contribution in [1.29, 1.82) is 0 Å². The first-order valence-electron chi connectivity index (χ1n) is 4.95. The van der Waals surface area contributed by atoms with Crippen LogP contribution < -0.4 is 0 Å². The lowest BCUT2D eigenvalue weighted by Gasteiger charge is -1.96. The van der Waals surface area contributed by atoms with E-state index in [0.29, 0.717) is 10.6 Å². The van der Waals surface area contributed by atoms with E-state index >= 15 is 0 Å². The predicted molar refractivity (Wildman–Crippen MR) is 64.5 cm³/mol. The summed E-state index contributed by atoms with van der Waals surface area (Å²) >= 11 is 6.15. The van der Waals surface area contributed by atoms with Crippen LogP contribution in [0.1, 0.15) is 0 Å². The third-order valence-electron chi connectivity index (χ3n) is 2.49. The van der Waals surface area contributed by atoms with Gasteiger partial charge in [0.1, 0.15) is 5.69 Å². The average molecular weight is 230 g/mol. The lowest BCUT2D eigenvalue weighted by atomic mass is 10.1. The molecule has 0 bridgehead atoms. The first-order chi connectivity index (χ1) is 7.86. The zero-order valence-electron chi connectivity index (χ0n) is 8.35. The van der Waals surface area contributed by atoms with E-state index in [1.165, 1.54) is 0 Å². The van der Waals surface area contributed by atoms with Crippen LogP contribution in [0.4, 0.5) is 0 Å². The third-order valence-corrected chi connectivity index (χ3v) is 2.81. The molecular formula is C13H8ClNO. The first kappa shape index (κ1) is 9.43. The molecule has 78 valence electrons. The predicted octanol–water partition coefficient (Wildman–Crippen LogP) is 4.15. The van der Waals surface area contributed by atoms with Gasteiger partial charge in [0.15, 0.2) is 5.58 Å². The molecule has 0 unspecified atom stereocenters. The van der Waals surface area contributed by atoms with E-state index in [0.717, 1.165) is 16.6 Å². The standard InChI is InChI=1S/C13H8ClNO/c14-10-7-4-8-11-12(10)13(15-16-11)9-5-2-1-3-6-9/h1-8H. The van der Waals surface area contributed by atoms with Crippen LogP contribution in [0.2, 0.25) is 5.02 Å². The summed E-state index contributed by atoms with van der Waals surface area (Å²) in [7, 11) is 0. The fourth-order valence-electron chi connectivity index (χ4n) is 1.74. The molecule has 3 rings (SSSR count). The molecule has 0 spiro atoms. The summed E-state index contributed by atoms with van der Waals surface area (Å²) in [6.07, 6.45) is 0. The molecule has 2 nitrogen and oxygen atoms in total. The summed E-state index contributed by atoms with van der Waals surface area (Å²) in [6.45, 7) is 0. The Bertz CT molecular complexity index is 631. The second kappa shape index (κ2) is 3.65. The summed E-state index contributed by atoms with van der Waals surface area (Å²) in [5.41, 5.74) is 2.52. The van der Waals surface area contributed by atoms with Gasteiger partial charge in [0.2, 0.25) is 0 Å². The zero-order chi connectivity index (χ0) is 11.0. The van der Waals surface area contributed by atoms with Crippen LogP contribution in [0.5, 0.6) is 0 Å². The minimum absolute atomic E-state index is 0.664. The average Bonchev–Trinajstić information content (AvgIpc) is 2.75. The molecule has 3 aromatic rings. The molecule has 16 heavy (non-hydrogen) atoms. The van der Waals surface area contributed by atoms with Crippen LogP contribution in [-0.4, -0.2) is 5.16 Å². The molecule has 1 aromatic heterocycles. The van der Waals surface area contributed by atoms with Gasteiger partial charge >= 0.3 is 0 Å². The number of rotatable bonds is 1. The van der Waals surface area contributed by atoms with E-state index in [1.807, 2.05) is 48.5 Å². The molecule has 0 saturated carbocycles. The maximum absolute atomic E-state index is 6.15. The van der Waals surface area contributed by atoms with Gasteiger partial charge in [-0.2, -0.15) is 0 Å². The number of hydrogen-bond donors (Lipinski definition) is 0. The highest BCUT2D eigenvalue weighted by Crippen LogP contribution is 2.32. The molecule has 0 aliphatic rings. The smallest absolute Gasteiger partial charge is 0.169 e. The van der Waals surface area contributed by atoms with Crippen molar-refractivity contribution < 1.29 is 4.52 Å². The van der Waals surface area contributed by atoms with Gasteiger partial charge in [-0.1, -0.05) is 53.2 Å². The summed E-state index contributed by atoms with van der Waals surface area (Å²) in [5.74, 6) is 0. The van der Waals surface area contributed by atoms with Crippen molar-refractivity contribution >= 4 is 22.6 Å². The van der Waals surface area contributed by atoms with E-state index in [4.69, 9.17) is 16.1 Å². The number of nitrogens with zero attached hydrogens (tertiary/aromatic N) is 1. The maximum Gasteiger partial charge on any atom is 0.169 e. The quantitative estimate of drug-likeness (QED) is 0.627. The van der Waals surface area contributed by atoms with Crippen LogP contribution >= 0.6 is 11.6 Å². The third kappa shape index (κ3) is 1.39. The molecule has 0 aliphatic carbocycles. The highest BCUT2D eigenvalue weighted by molar-refractivity contribution is 6.36. The molecule has 1 heterocycles. The minimum atomic E-state index is 0.664. The fraction of sp³-hybridized carbons (Fsp3) is 0. The van der Waals surface area contributed by atoms with Crippen molar-refractivity contribution in [2.24, 2.45) is 0 Å². The van der Waals surface area contributed by atoms with E-state index < -0.39 is 0 Å². The van der Waals surface area contributed by atoms with E-state index in [-0.39, 0.29) is 0 Å². The lowest BCUT2D eigenvalue weighted by molar-refractivity contribution is 0.459. The Morgan fingerprint density at radius 3 is 2.56 bits per heavy atom. The van der Waals surface area contributed by atoms with Crippen LogP contribution in [0.15, 0.2) is 53.1 Å². The molecule has 0 atom stereocenters. The monoisotopic (exact) mass is 229 g/mol. The van der Waals surface area contributed by atoms with Crippen LogP contribution in [-0.2, 0) is 0 Å². The van der Waals surface area contributed by atoms with Crippen LogP contribution in [0.3, 0.4) is 0 Å². The number of hydrogen-bond acceptors (Lipinski definition) is 2. The minimum Gasteiger partial charge on any atom is -0.356 e. The number of fused-ring (bicyclic) bond motifs is 1. The fourth-order valence-corrected chi connectivity index (χ4v) is 2.00. The van der Waals surface area contributed by atoms with Crippen LogP contribution in [0.25, 0.3) is 22.2 Å². The van der Waals surface area contributed by atoms with E-state index in [1.54, 1.807) is 0 Å². The largest absolute Gasteiger partial charge is 0.356 e.